The predicted octanol–water partition coefficient (Wildman–Crippen LogP) is 4.61. The smallest absolute Gasteiger partial charge is 0.263 e. The first-order valence-electron chi connectivity index (χ1n) is 9.16. The summed E-state index contributed by atoms with van der Waals surface area (Å²) in [7, 11) is 0. The Morgan fingerprint density at radius 3 is 2.81 bits per heavy atom. The van der Waals surface area contributed by atoms with Gasteiger partial charge in [0.2, 0.25) is 0 Å². The maximum absolute atomic E-state index is 13.0. The molecular weight excluding hydrogens is 363 g/mol. The maximum Gasteiger partial charge on any atom is 0.263 e. The van der Waals surface area contributed by atoms with E-state index in [1.165, 1.54) is 16.8 Å². The zero-order chi connectivity index (χ0) is 18.8. The lowest BCUT2D eigenvalue weighted by Crippen LogP contribution is -2.45. The van der Waals surface area contributed by atoms with Crippen LogP contribution < -0.4 is 4.74 Å². The van der Waals surface area contributed by atoms with E-state index >= 15 is 0 Å². The standard InChI is InChI=1S/C21H21FN2O2S/c1-14(26-17-10-8-16(22)9-11-17)21(25)24-12-4-5-15(13-24)20-23-18-6-2-3-7-19(18)27-20/h2-3,6-11,14-15H,4-5,12-13H2,1H3/t14-,15-/m0/s1. The molecule has 0 bridgehead atoms. The number of likely N-dealkylation sites (tertiary alicyclic amines) is 1. The number of hydrogen-bond acceptors (Lipinski definition) is 4. The SMILES string of the molecule is C[C@H](Oc1ccc(F)cc1)C(=O)N1CCC[C@H](c2nc3ccccc3s2)C1. The number of halogens is 1. The number of amides is 1. The molecule has 27 heavy (non-hydrogen) atoms. The molecular formula is C21H21FN2O2S. The summed E-state index contributed by atoms with van der Waals surface area (Å²) in [4.78, 5) is 19.5. The Morgan fingerprint density at radius 2 is 2.04 bits per heavy atom. The molecule has 0 aliphatic carbocycles. The van der Waals surface area contributed by atoms with Crippen molar-refractivity contribution in [1.82, 2.24) is 9.88 Å². The number of piperidine rings is 1. The van der Waals surface area contributed by atoms with E-state index in [2.05, 4.69) is 6.07 Å². The Labute approximate surface area is 161 Å². The molecule has 0 radical (unpaired) electrons. The summed E-state index contributed by atoms with van der Waals surface area (Å²) >= 11 is 1.71. The van der Waals surface area contributed by atoms with Crippen LogP contribution in [-0.4, -0.2) is 35.0 Å². The van der Waals surface area contributed by atoms with Gasteiger partial charge >= 0.3 is 0 Å². The minimum atomic E-state index is -0.607. The van der Waals surface area contributed by atoms with Crippen LogP contribution in [0.2, 0.25) is 0 Å². The third-order valence-corrected chi connectivity index (χ3v) is 6.07. The highest BCUT2D eigenvalue weighted by Gasteiger charge is 2.30. The van der Waals surface area contributed by atoms with Crippen LogP contribution in [0.5, 0.6) is 5.75 Å². The van der Waals surface area contributed by atoms with E-state index in [0.29, 0.717) is 12.3 Å². The minimum Gasteiger partial charge on any atom is -0.481 e. The molecule has 6 heteroatoms. The number of thiazole rings is 1. The van der Waals surface area contributed by atoms with E-state index in [0.717, 1.165) is 29.9 Å². The molecule has 1 aliphatic heterocycles. The van der Waals surface area contributed by atoms with E-state index in [4.69, 9.17) is 9.72 Å². The largest absolute Gasteiger partial charge is 0.481 e. The van der Waals surface area contributed by atoms with Crippen molar-refractivity contribution in [3.05, 3.63) is 59.4 Å². The third-order valence-electron chi connectivity index (χ3n) is 4.87. The summed E-state index contributed by atoms with van der Waals surface area (Å²) in [5.41, 5.74) is 1.02. The summed E-state index contributed by atoms with van der Waals surface area (Å²) in [6.45, 7) is 3.14. The van der Waals surface area contributed by atoms with Crippen LogP contribution in [-0.2, 0) is 4.79 Å². The number of benzene rings is 2. The van der Waals surface area contributed by atoms with Gasteiger partial charge < -0.3 is 9.64 Å². The molecule has 2 heterocycles. The lowest BCUT2D eigenvalue weighted by molar-refractivity contribution is -0.139. The van der Waals surface area contributed by atoms with Gasteiger partial charge in [-0.25, -0.2) is 9.37 Å². The van der Waals surface area contributed by atoms with Crippen LogP contribution in [0.15, 0.2) is 48.5 Å². The van der Waals surface area contributed by atoms with Gasteiger partial charge in [-0.15, -0.1) is 11.3 Å². The Balaban J connectivity index is 1.43. The van der Waals surface area contributed by atoms with Crippen molar-refractivity contribution in [2.45, 2.75) is 31.8 Å². The number of carbonyl (C=O) groups is 1. The Morgan fingerprint density at radius 1 is 1.26 bits per heavy atom. The topological polar surface area (TPSA) is 42.4 Å². The zero-order valence-corrected chi connectivity index (χ0v) is 15.9. The second-order valence-electron chi connectivity index (χ2n) is 6.86. The second kappa shape index (κ2) is 7.64. The van der Waals surface area contributed by atoms with E-state index in [9.17, 15) is 9.18 Å². The van der Waals surface area contributed by atoms with Crippen molar-refractivity contribution in [2.75, 3.05) is 13.1 Å². The van der Waals surface area contributed by atoms with E-state index in [-0.39, 0.29) is 17.6 Å². The van der Waals surface area contributed by atoms with E-state index < -0.39 is 6.10 Å². The molecule has 0 spiro atoms. The van der Waals surface area contributed by atoms with E-state index in [1.54, 1.807) is 30.4 Å². The Hall–Kier alpha value is -2.47. The monoisotopic (exact) mass is 384 g/mol. The highest BCUT2D eigenvalue weighted by atomic mass is 32.1. The lowest BCUT2D eigenvalue weighted by Gasteiger charge is -2.33. The van der Waals surface area contributed by atoms with Crippen LogP contribution in [0.3, 0.4) is 0 Å². The molecule has 4 rings (SSSR count). The number of hydrogen-bond donors (Lipinski definition) is 0. The van der Waals surface area contributed by atoms with Crippen molar-refractivity contribution in [2.24, 2.45) is 0 Å². The van der Waals surface area contributed by atoms with Crippen LogP contribution in [0.25, 0.3) is 10.2 Å². The van der Waals surface area contributed by atoms with Crippen molar-refractivity contribution < 1.29 is 13.9 Å². The molecule has 140 valence electrons. The molecule has 1 aliphatic rings. The number of rotatable bonds is 4. The molecule has 0 saturated carbocycles. The Bertz CT molecular complexity index is 908. The summed E-state index contributed by atoms with van der Waals surface area (Å²) in [5.74, 6) is 0.399. The van der Waals surface area contributed by atoms with Gasteiger partial charge in [0.1, 0.15) is 11.6 Å². The van der Waals surface area contributed by atoms with Gasteiger partial charge in [0.25, 0.3) is 5.91 Å². The average molecular weight is 384 g/mol. The van der Waals surface area contributed by atoms with Gasteiger partial charge in [-0.05, 0) is 56.2 Å². The molecule has 0 unspecified atom stereocenters. The average Bonchev–Trinajstić information content (AvgIpc) is 3.13. The van der Waals surface area contributed by atoms with Gasteiger partial charge in [-0.2, -0.15) is 0 Å². The first-order valence-corrected chi connectivity index (χ1v) is 9.98. The van der Waals surface area contributed by atoms with Crippen molar-refractivity contribution in [3.8, 4) is 5.75 Å². The second-order valence-corrected chi connectivity index (χ2v) is 7.92. The summed E-state index contributed by atoms with van der Waals surface area (Å²) in [6, 6.07) is 13.9. The summed E-state index contributed by atoms with van der Waals surface area (Å²) in [6.07, 6.45) is 1.39. The molecule has 1 fully saturated rings. The van der Waals surface area contributed by atoms with E-state index in [1.807, 2.05) is 23.1 Å². The minimum absolute atomic E-state index is 0.0369. The van der Waals surface area contributed by atoms with Crippen LogP contribution in [0, 0.1) is 5.82 Å². The first-order chi connectivity index (χ1) is 13.1. The van der Waals surface area contributed by atoms with Gasteiger partial charge in [-0.1, -0.05) is 12.1 Å². The van der Waals surface area contributed by atoms with Crippen LogP contribution in [0.1, 0.15) is 30.7 Å². The summed E-state index contributed by atoms with van der Waals surface area (Å²) in [5, 5.41) is 1.10. The number of ether oxygens (including phenoxy) is 1. The highest BCUT2D eigenvalue weighted by molar-refractivity contribution is 7.18. The van der Waals surface area contributed by atoms with Gasteiger partial charge in [-0.3, -0.25) is 4.79 Å². The number of para-hydroxylation sites is 1. The number of aromatic nitrogens is 1. The fourth-order valence-corrected chi connectivity index (χ4v) is 4.56. The van der Waals surface area contributed by atoms with Gasteiger partial charge in [0.15, 0.2) is 6.10 Å². The Kier molecular flexibility index (Phi) is 5.07. The molecule has 1 saturated heterocycles. The first kappa shape index (κ1) is 17.9. The van der Waals surface area contributed by atoms with Crippen molar-refractivity contribution in [3.63, 3.8) is 0 Å². The zero-order valence-electron chi connectivity index (χ0n) is 15.1. The number of nitrogens with zero attached hydrogens (tertiary/aromatic N) is 2. The molecule has 2 atom stereocenters. The quantitative estimate of drug-likeness (QED) is 0.660. The maximum atomic E-state index is 13.0. The third kappa shape index (κ3) is 3.95. The van der Waals surface area contributed by atoms with Crippen molar-refractivity contribution >= 4 is 27.5 Å². The molecule has 4 nitrogen and oxygen atoms in total. The molecule has 0 N–H and O–H groups in total. The number of fused-ring (bicyclic) bond motifs is 1. The lowest BCUT2D eigenvalue weighted by atomic mass is 9.98. The fraction of sp³-hybridized carbons (Fsp3) is 0.333. The van der Waals surface area contributed by atoms with Crippen LogP contribution in [0.4, 0.5) is 4.39 Å². The molecule has 3 aromatic rings. The van der Waals surface area contributed by atoms with Gasteiger partial charge in [0.05, 0.1) is 15.2 Å². The van der Waals surface area contributed by atoms with Gasteiger partial charge in [0, 0.05) is 19.0 Å². The number of carbonyl (C=O) groups excluding carboxylic acids is 1. The highest BCUT2D eigenvalue weighted by Crippen LogP contribution is 2.33. The fourth-order valence-electron chi connectivity index (χ4n) is 3.47. The summed E-state index contributed by atoms with van der Waals surface area (Å²) < 4.78 is 19.9. The predicted molar refractivity (Wildman–Crippen MR) is 105 cm³/mol. The van der Waals surface area contributed by atoms with Crippen molar-refractivity contribution in [1.29, 1.82) is 0 Å². The molecule has 2 aromatic carbocycles. The normalized spacial score (nSPS) is 18.4. The molecule has 1 amide bonds. The van der Waals surface area contributed by atoms with Crippen LogP contribution >= 0.6 is 11.3 Å². The molecule has 1 aromatic heterocycles.